The summed E-state index contributed by atoms with van der Waals surface area (Å²) in [5.41, 5.74) is 6.90. The van der Waals surface area contributed by atoms with E-state index in [0.717, 1.165) is 5.56 Å². The second-order valence-electron chi connectivity index (χ2n) is 3.95. The smallest absolute Gasteiger partial charge is 0.303 e. The lowest BCUT2D eigenvalue weighted by molar-refractivity contribution is -0.137. The van der Waals surface area contributed by atoms with Crippen LogP contribution in [0.5, 0.6) is 0 Å². The fourth-order valence-corrected chi connectivity index (χ4v) is 2.15. The maximum Gasteiger partial charge on any atom is 0.303 e. The van der Waals surface area contributed by atoms with Crippen molar-refractivity contribution in [3.05, 3.63) is 33.5 Å². The van der Waals surface area contributed by atoms with Gasteiger partial charge in [0.25, 0.3) is 0 Å². The van der Waals surface area contributed by atoms with Gasteiger partial charge in [-0.25, -0.2) is 4.39 Å². The van der Waals surface area contributed by atoms with E-state index < -0.39 is 17.8 Å². The number of nitrogens with two attached hydrogens (primary N) is 1. The van der Waals surface area contributed by atoms with Gasteiger partial charge in [-0.05, 0) is 40.0 Å². The summed E-state index contributed by atoms with van der Waals surface area (Å²) < 4.78 is 19.2. The van der Waals surface area contributed by atoms with E-state index in [1.165, 1.54) is 0 Å². The maximum atomic E-state index is 13.9. The molecule has 18 heavy (non-hydrogen) atoms. The molecule has 1 atom stereocenters. The molecule has 0 bridgehead atoms. The Morgan fingerprint density at radius 3 is 2.83 bits per heavy atom. The lowest BCUT2D eigenvalue weighted by Crippen LogP contribution is -2.14. The van der Waals surface area contributed by atoms with Crippen LogP contribution in [0.2, 0.25) is 0 Å². The van der Waals surface area contributed by atoms with Gasteiger partial charge < -0.3 is 15.6 Å². The number of aliphatic carboxylic acids is 1. The Morgan fingerprint density at radius 1 is 1.61 bits per heavy atom. The molecule has 0 radical (unpaired) electrons. The highest BCUT2D eigenvalue weighted by Gasteiger charge is 2.16. The van der Waals surface area contributed by atoms with E-state index in [9.17, 15) is 9.18 Å². The van der Waals surface area contributed by atoms with Crippen molar-refractivity contribution in [2.45, 2.75) is 25.5 Å². The quantitative estimate of drug-likeness (QED) is 0.845. The van der Waals surface area contributed by atoms with Crippen molar-refractivity contribution in [1.29, 1.82) is 0 Å². The van der Waals surface area contributed by atoms with Crippen LogP contribution >= 0.6 is 15.9 Å². The van der Waals surface area contributed by atoms with Gasteiger partial charge in [0, 0.05) is 25.1 Å². The number of rotatable bonds is 6. The van der Waals surface area contributed by atoms with Crippen LogP contribution in [0.15, 0.2) is 16.6 Å². The van der Waals surface area contributed by atoms with Gasteiger partial charge in [0.05, 0.1) is 11.1 Å². The van der Waals surface area contributed by atoms with Gasteiger partial charge >= 0.3 is 5.97 Å². The van der Waals surface area contributed by atoms with E-state index in [-0.39, 0.29) is 12.8 Å². The molecule has 1 aromatic rings. The molecule has 100 valence electrons. The standard InChI is InChI=1S/C12H15BrFNO3/c1-18-6-7-4-8(12(14)9(13)5-7)10(15)2-3-11(16)17/h4-5,10H,2-3,6,15H2,1H3,(H,16,17). The number of halogens is 2. The van der Waals surface area contributed by atoms with E-state index in [1.54, 1.807) is 19.2 Å². The number of methoxy groups -OCH3 is 1. The first-order valence-corrected chi connectivity index (χ1v) is 6.19. The number of hydrogen-bond acceptors (Lipinski definition) is 3. The van der Waals surface area contributed by atoms with Crippen LogP contribution in [-0.4, -0.2) is 18.2 Å². The third-order valence-corrected chi connectivity index (χ3v) is 3.07. The highest BCUT2D eigenvalue weighted by Crippen LogP contribution is 2.27. The summed E-state index contributed by atoms with van der Waals surface area (Å²) in [5, 5.41) is 8.59. The summed E-state index contributed by atoms with van der Waals surface area (Å²) in [6, 6.07) is 2.58. The summed E-state index contributed by atoms with van der Waals surface area (Å²) in [7, 11) is 1.54. The Hall–Kier alpha value is -0.980. The molecule has 1 rings (SSSR count). The molecule has 0 aromatic heterocycles. The number of ether oxygens (including phenoxy) is 1. The number of carbonyl (C=O) groups is 1. The van der Waals surface area contributed by atoms with Crippen molar-refractivity contribution in [2.75, 3.05) is 7.11 Å². The van der Waals surface area contributed by atoms with Crippen LogP contribution in [0.25, 0.3) is 0 Å². The zero-order valence-corrected chi connectivity index (χ0v) is 11.5. The summed E-state index contributed by atoms with van der Waals surface area (Å²) in [6.45, 7) is 0.345. The van der Waals surface area contributed by atoms with Crippen LogP contribution in [0.1, 0.15) is 30.0 Å². The summed E-state index contributed by atoms with van der Waals surface area (Å²) in [6.07, 6.45) is 0.0991. The molecule has 0 saturated carbocycles. The molecular weight excluding hydrogens is 305 g/mol. The van der Waals surface area contributed by atoms with Crippen LogP contribution in [0.4, 0.5) is 4.39 Å². The maximum absolute atomic E-state index is 13.9. The third-order valence-electron chi connectivity index (χ3n) is 2.50. The van der Waals surface area contributed by atoms with Gasteiger partial charge in [-0.15, -0.1) is 0 Å². The Balaban J connectivity index is 2.94. The lowest BCUT2D eigenvalue weighted by atomic mass is 10.00. The van der Waals surface area contributed by atoms with E-state index in [2.05, 4.69) is 15.9 Å². The minimum atomic E-state index is -0.946. The van der Waals surface area contributed by atoms with Crippen molar-refractivity contribution >= 4 is 21.9 Å². The van der Waals surface area contributed by atoms with Gasteiger partial charge in [-0.1, -0.05) is 0 Å². The second-order valence-corrected chi connectivity index (χ2v) is 4.81. The largest absolute Gasteiger partial charge is 0.481 e. The highest BCUT2D eigenvalue weighted by atomic mass is 79.9. The molecule has 1 unspecified atom stereocenters. The van der Waals surface area contributed by atoms with Gasteiger partial charge in [-0.2, -0.15) is 0 Å². The molecule has 3 N–H and O–H groups in total. The topological polar surface area (TPSA) is 72.5 Å². The molecule has 0 aliphatic heterocycles. The fraction of sp³-hybridized carbons (Fsp3) is 0.417. The van der Waals surface area contributed by atoms with E-state index in [0.29, 0.717) is 16.6 Å². The van der Waals surface area contributed by atoms with Gasteiger partial charge in [0.2, 0.25) is 0 Å². The molecular formula is C12H15BrFNO3. The molecule has 0 aliphatic rings. The zero-order valence-electron chi connectivity index (χ0n) is 9.95. The van der Waals surface area contributed by atoms with Gasteiger partial charge in [-0.3, -0.25) is 4.79 Å². The fourth-order valence-electron chi connectivity index (χ4n) is 1.62. The van der Waals surface area contributed by atoms with Crippen LogP contribution in [0.3, 0.4) is 0 Å². The van der Waals surface area contributed by atoms with E-state index in [1.807, 2.05) is 0 Å². The van der Waals surface area contributed by atoms with Crippen LogP contribution in [0, 0.1) is 5.82 Å². The first-order chi connectivity index (χ1) is 8.45. The monoisotopic (exact) mass is 319 g/mol. The normalized spacial score (nSPS) is 12.4. The molecule has 0 heterocycles. The summed E-state index contributed by atoms with van der Waals surface area (Å²) in [4.78, 5) is 10.5. The average molecular weight is 320 g/mol. The van der Waals surface area contributed by atoms with Crippen molar-refractivity contribution < 1.29 is 19.0 Å². The highest BCUT2D eigenvalue weighted by molar-refractivity contribution is 9.10. The predicted octanol–water partition coefficient (Wildman–Crippen LogP) is 2.60. The van der Waals surface area contributed by atoms with Crippen LogP contribution < -0.4 is 5.73 Å². The minimum absolute atomic E-state index is 0.0905. The molecule has 6 heteroatoms. The third kappa shape index (κ3) is 4.04. The Morgan fingerprint density at radius 2 is 2.28 bits per heavy atom. The van der Waals surface area contributed by atoms with Crippen molar-refractivity contribution in [1.82, 2.24) is 0 Å². The van der Waals surface area contributed by atoms with Crippen molar-refractivity contribution in [3.8, 4) is 0 Å². The van der Waals surface area contributed by atoms with Crippen LogP contribution in [-0.2, 0) is 16.1 Å². The van der Waals surface area contributed by atoms with Crippen molar-refractivity contribution in [2.24, 2.45) is 5.73 Å². The predicted molar refractivity (Wildman–Crippen MR) is 68.6 cm³/mol. The minimum Gasteiger partial charge on any atom is -0.481 e. The molecule has 4 nitrogen and oxygen atoms in total. The number of benzene rings is 1. The number of carboxylic acids is 1. The SMILES string of the molecule is COCc1cc(Br)c(F)c(C(N)CCC(=O)O)c1. The zero-order chi connectivity index (χ0) is 13.7. The van der Waals surface area contributed by atoms with Crippen molar-refractivity contribution in [3.63, 3.8) is 0 Å². The molecule has 0 aliphatic carbocycles. The molecule has 0 amide bonds. The first kappa shape index (κ1) is 15.1. The summed E-state index contributed by atoms with van der Waals surface area (Å²) in [5.74, 6) is -1.40. The number of hydrogen-bond donors (Lipinski definition) is 2. The molecule has 0 fully saturated rings. The van der Waals surface area contributed by atoms with E-state index in [4.69, 9.17) is 15.6 Å². The van der Waals surface area contributed by atoms with E-state index >= 15 is 0 Å². The Bertz CT molecular complexity index is 440. The van der Waals surface area contributed by atoms with Gasteiger partial charge in [0.15, 0.2) is 0 Å². The second kappa shape index (κ2) is 6.82. The molecule has 1 aromatic carbocycles. The van der Waals surface area contributed by atoms with Gasteiger partial charge in [0.1, 0.15) is 5.82 Å². The lowest BCUT2D eigenvalue weighted by Gasteiger charge is -2.14. The Kier molecular flexibility index (Phi) is 5.71. The average Bonchev–Trinajstić information content (AvgIpc) is 2.30. The summed E-state index contributed by atoms with van der Waals surface area (Å²) >= 11 is 3.11. The molecule has 0 spiro atoms. The molecule has 0 saturated heterocycles. The number of carboxylic acid groups (broad SMARTS) is 1. The first-order valence-electron chi connectivity index (χ1n) is 5.39. The Labute approximate surface area is 113 Å².